The van der Waals surface area contributed by atoms with Crippen LogP contribution in [0, 0.1) is 23.9 Å². The summed E-state index contributed by atoms with van der Waals surface area (Å²) in [7, 11) is 2.92. The summed E-state index contributed by atoms with van der Waals surface area (Å²) < 4.78 is 15.8. The third-order valence-electron chi connectivity index (χ3n) is 8.53. The second-order valence-electron chi connectivity index (χ2n) is 12.5. The maximum Gasteiger partial charge on any atom is 0.495 e. The molecular weight excluding hydrogens is 790 g/mol. The Kier molecular flexibility index (Phi) is 10.2. The number of anilines is 4. The Balaban J connectivity index is 0.000000156. The number of hydrogen-bond donors (Lipinski definition) is 4. The second kappa shape index (κ2) is 14.1. The second-order valence-corrected chi connectivity index (χ2v) is 13.5. The molecule has 8 N–H and O–H groups in total. The maximum absolute atomic E-state index is 11.0. The molecule has 2 aromatic carbocycles. The lowest BCUT2D eigenvalue weighted by molar-refractivity contribution is -0.384. The monoisotopic (exact) mass is 824 g/mol. The van der Waals surface area contributed by atoms with E-state index in [1.54, 1.807) is 28.5 Å². The van der Waals surface area contributed by atoms with Gasteiger partial charge >= 0.3 is 7.12 Å². The van der Waals surface area contributed by atoms with Gasteiger partial charge in [-0.25, -0.2) is 29.3 Å². The number of aryl methyl sites for hydroxylation is 2. The number of nitrogen functional groups attached to an aromatic ring is 4. The SMILES string of the molecule is CC1(C)OB(c2ccc(N)c([N+](=O)[O-])c2)OC1(C)C.Cn1nc(-c2ccc(N)c([N+](=O)[O-])c2)c2c(N)ncnc21.Cn1nc(I)c2c(N)ncnc21. The largest absolute Gasteiger partial charge is 0.495 e. The first-order chi connectivity index (χ1) is 24.3. The highest BCUT2D eigenvalue weighted by Crippen LogP contribution is 2.37. The van der Waals surface area contributed by atoms with Crippen molar-refractivity contribution in [3.63, 3.8) is 0 Å². The summed E-state index contributed by atoms with van der Waals surface area (Å²) in [4.78, 5) is 36.8. The van der Waals surface area contributed by atoms with Crippen LogP contribution in [0.1, 0.15) is 27.7 Å². The van der Waals surface area contributed by atoms with Gasteiger partial charge in [-0.1, -0.05) is 12.1 Å². The molecule has 52 heavy (non-hydrogen) atoms. The van der Waals surface area contributed by atoms with Crippen molar-refractivity contribution in [3.8, 4) is 11.3 Å². The van der Waals surface area contributed by atoms with E-state index in [9.17, 15) is 20.2 Å². The van der Waals surface area contributed by atoms with Crippen LogP contribution in [0.3, 0.4) is 0 Å². The fourth-order valence-corrected chi connectivity index (χ4v) is 5.91. The number of nitro benzene ring substituents is 2. The Morgan fingerprint density at radius 2 is 1.21 bits per heavy atom. The molecule has 270 valence electrons. The third-order valence-corrected chi connectivity index (χ3v) is 9.29. The lowest BCUT2D eigenvalue weighted by Crippen LogP contribution is -2.41. The van der Waals surface area contributed by atoms with Crippen molar-refractivity contribution in [2.75, 3.05) is 22.9 Å². The minimum atomic E-state index is -0.621. The first kappa shape index (κ1) is 37.5. The maximum atomic E-state index is 11.0. The van der Waals surface area contributed by atoms with E-state index in [0.717, 1.165) is 14.7 Å². The summed E-state index contributed by atoms with van der Waals surface area (Å²) in [5.74, 6) is 0.750. The van der Waals surface area contributed by atoms with E-state index in [1.807, 2.05) is 34.7 Å². The van der Waals surface area contributed by atoms with Gasteiger partial charge in [0.2, 0.25) is 0 Å². The molecule has 1 aliphatic rings. The number of halogens is 1. The van der Waals surface area contributed by atoms with Crippen LogP contribution >= 0.6 is 22.6 Å². The van der Waals surface area contributed by atoms with Gasteiger partial charge in [0.05, 0.1) is 31.8 Å². The van der Waals surface area contributed by atoms with E-state index in [1.165, 1.54) is 36.9 Å². The molecule has 4 aromatic heterocycles. The zero-order valence-corrected chi connectivity index (χ0v) is 31.0. The molecule has 0 aliphatic carbocycles. The van der Waals surface area contributed by atoms with Crippen molar-refractivity contribution in [2.45, 2.75) is 38.9 Å². The van der Waals surface area contributed by atoms with E-state index in [4.69, 9.17) is 32.2 Å². The Labute approximate surface area is 309 Å². The highest BCUT2D eigenvalue weighted by Gasteiger charge is 2.52. The van der Waals surface area contributed by atoms with Gasteiger partial charge in [0.1, 0.15) is 45.1 Å². The van der Waals surface area contributed by atoms with Crippen LogP contribution < -0.4 is 28.4 Å². The molecule has 1 saturated heterocycles. The smallest absolute Gasteiger partial charge is 0.399 e. The van der Waals surface area contributed by atoms with Gasteiger partial charge < -0.3 is 32.2 Å². The van der Waals surface area contributed by atoms with Gasteiger partial charge in [-0.05, 0) is 67.9 Å². The Hall–Kier alpha value is -5.75. The number of rotatable bonds is 4. The molecule has 0 unspecified atom stereocenters. The molecule has 7 rings (SSSR count). The fraction of sp³-hybridized carbons (Fsp3) is 0.267. The van der Waals surface area contributed by atoms with Gasteiger partial charge in [-0.3, -0.25) is 20.2 Å². The van der Waals surface area contributed by atoms with Gasteiger partial charge in [-0.2, -0.15) is 10.2 Å². The number of nitrogens with zero attached hydrogens (tertiary/aromatic N) is 10. The summed E-state index contributed by atoms with van der Waals surface area (Å²) >= 11 is 2.11. The summed E-state index contributed by atoms with van der Waals surface area (Å²) in [5.41, 5.74) is 24.6. The van der Waals surface area contributed by atoms with Crippen LogP contribution in [0.2, 0.25) is 0 Å². The molecule has 6 aromatic rings. The van der Waals surface area contributed by atoms with Crippen molar-refractivity contribution < 1.29 is 19.2 Å². The normalized spacial score (nSPS) is 14.4. The van der Waals surface area contributed by atoms with E-state index < -0.39 is 28.2 Å². The Morgan fingerprint density at radius 1 is 0.731 bits per heavy atom. The average Bonchev–Trinajstić information content (AvgIpc) is 3.65. The lowest BCUT2D eigenvalue weighted by atomic mass is 9.79. The van der Waals surface area contributed by atoms with Gasteiger partial charge in [0, 0.05) is 31.8 Å². The first-order valence-corrected chi connectivity index (χ1v) is 16.4. The highest BCUT2D eigenvalue weighted by molar-refractivity contribution is 14.1. The standard InChI is InChI=1S/C12H17BN2O4.C12H11N7O2.C6H6IN5/c1-11(2)12(3,4)19-13(18-11)8-5-6-9(14)10(7-8)15(16)17;1-18-12-9(11(14)15-5-16-12)10(17-18)6-2-3-7(13)8(4-6)19(20)21;1-12-6-3(4(7)11-12)5(8)9-2-10-6/h5-7H,14H2,1-4H3;2-5H,13H2,1H3,(H2,14,15,16);2H,1H3,(H2,8,9,10). The molecule has 0 saturated carbocycles. The molecule has 1 fully saturated rings. The zero-order valence-electron chi connectivity index (χ0n) is 28.8. The predicted octanol–water partition coefficient (Wildman–Crippen LogP) is 3.13. The molecule has 0 radical (unpaired) electrons. The number of aromatic nitrogens is 8. The summed E-state index contributed by atoms with van der Waals surface area (Å²) in [6, 6.07) is 9.06. The molecule has 5 heterocycles. The van der Waals surface area contributed by atoms with Crippen LogP contribution in [0.4, 0.5) is 34.4 Å². The van der Waals surface area contributed by atoms with E-state index in [2.05, 4.69) is 52.7 Å². The molecule has 0 amide bonds. The topological polar surface area (TPSA) is 296 Å². The number of hydrogen-bond acceptors (Lipinski definition) is 16. The highest BCUT2D eigenvalue weighted by atomic mass is 127. The van der Waals surface area contributed by atoms with Crippen molar-refractivity contribution in [3.05, 3.63) is 73.0 Å². The average molecular weight is 824 g/mol. The van der Waals surface area contributed by atoms with Crippen LogP contribution in [0.25, 0.3) is 33.3 Å². The zero-order chi connectivity index (χ0) is 38.3. The van der Waals surface area contributed by atoms with Crippen molar-refractivity contribution >= 4 is 91.6 Å². The number of fused-ring (bicyclic) bond motifs is 2. The quantitative estimate of drug-likeness (QED) is 0.0653. The predicted molar refractivity (Wildman–Crippen MR) is 204 cm³/mol. The minimum Gasteiger partial charge on any atom is -0.399 e. The summed E-state index contributed by atoms with van der Waals surface area (Å²) in [6.45, 7) is 7.72. The van der Waals surface area contributed by atoms with Crippen LogP contribution in [-0.4, -0.2) is 67.7 Å². The number of nitrogens with two attached hydrogens (primary N) is 4. The minimum absolute atomic E-state index is 0.0909. The van der Waals surface area contributed by atoms with Crippen molar-refractivity contribution in [1.29, 1.82) is 0 Å². The van der Waals surface area contributed by atoms with Crippen molar-refractivity contribution in [1.82, 2.24) is 39.5 Å². The molecular formula is C30H34BIN14O6. The summed E-state index contributed by atoms with van der Waals surface area (Å²) in [5, 5.41) is 31.8. The van der Waals surface area contributed by atoms with Gasteiger partial charge in [0.15, 0.2) is 11.3 Å². The molecule has 0 spiro atoms. The van der Waals surface area contributed by atoms with Gasteiger partial charge in [-0.15, -0.1) is 0 Å². The number of nitro groups is 2. The fourth-order valence-electron chi connectivity index (χ4n) is 5.07. The Bertz CT molecular complexity index is 2330. The third kappa shape index (κ3) is 7.20. The van der Waals surface area contributed by atoms with E-state index in [0.29, 0.717) is 33.6 Å². The van der Waals surface area contributed by atoms with E-state index >= 15 is 0 Å². The van der Waals surface area contributed by atoms with Crippen LogP contribution in [0.15, 0.2) is 49.1 Å². The molecule has 0 atom stereocenters. The summed E-state index contributed by atoms with van der Waals surface area (Å²) in [6.07, 6.45) is 2.78. The van der Waals surface area contributed by atoms with Crippen molar-refractivity contribution in [2.24, 2.45) is 14.1 Å². The number of benzene rings is 2. The first-order valence-electron chi connectivity index (χ1n) is 15.3. The molecule has 1 aliphatic heterocycles. The molecule has 0 bridgehead atoms. The lowest BCUT2D eigenvalue weighted by Gasteiger charge is -2.32. The Morgan fingerprint density at radius 3 is 1.75 bits per heavy atom. The van der Waals surface area contributed by atoms with E-state index in [-0.39, 0.29) is 28.6 Å². The van der Waals surface area contributed by atoms with Crippen LogP contribution in [-0.2, 0) is 23.4 Å². The van der Waals surface area contributed by atoms with Crippen LogP contribution in [0.5, 0.6) is 0 Å². The molecule has 20 nitrogen and oxygen atoms in total. The molecule has 22 heteroatoms. The van der Waals surface area contributed by atoms with Gasteiger partial charge in [0.25, 0.3) is 11.4 Å².